The van der Waals surface area contributed by atoms with Gasteiger partial charge >= 0.3 is 0 Å². The smallest absolute Gasteiger partial charge is 0.256 e. The standard InChI is InChI=1S/C11H14ClNO2/c1-7(8-3-2-4-8)13-11(14)9-5-6-15-10(9)12/h5-8H,2-4H2,1H3,(H,13,14). The maximum atomic E-state index is 11.7. The molecule has 0 bridgehead atoms. The summed E-state index contributed by atoms with van der Waals surface area (Å²) in [5.74, 6) is 0.479. The lowest BCUT2D eigenvalue weighted by molar-refractivity contribution is 0.0909. The summed E-state index contributed by atoms with van der Waals surface area (Å²) in [4.78, 5) is 11.7. The van der Waals surface area contributed by atoms with Crippen LogP contribution in [0.3, 0.4) is 0 Å². The number of nitrogens with one attached hydrogen (secondary N) is 1. The van der Waals surface area contributed by atoms with E-state index < -0.39 is 0 Å². The normalized spacial score (nSPS) is 18.3. The van der Waals surface area contributed by atoms with Gasteiger partial charge in [0.15, 0.2) is 0 Å². The van der Waals surface area contributed by atoms with Gasteiger partial charge in [0.05, 0.1) is 11.8 Å². The molecule has 1 aliphatic carbocycles. The van der Waals surface area contributed by atoms with Crippen LogP contribution in [0.4, 0.5) is 0 Å². The molecule has 0 spiro atoms. The van der Waals surface area contributed by atoms with E-state index in [2.05, 4.69) is 5.32 Å². The van der Waals surface area contributed by atoms with Crippen molar-refractivity contribution in [1.82, 2.24) is 5.32 Å². The summed E-state index contributed by atoms with van der Waals surface area (Å²) in [6.07, 6.45) is 5.11. The molecule has 1 unspecified atom stereocenters. The van der Waals surface area contributed by atoms with E-state index in [1.165, 1.54) is 25.5 Å². The zero-order valence-electron chi connectivity index (χ0n) is 8.63. The molecule has 15 heavy (non-hydrogen) atoms. The zero-order valence-corrected chi connectivity index (χ0v) is 9.38. The molecule has 1 heterocycles. The fourth-order valence-corrected chi connectivity index (χ4v) is 2.00. The quantitative estimate of drug-likeness (QED) is 0.863. The topological polar surface area (TPSA) is 42.2 Å². The molecule has 82 valence electrons. The van der Waals surface area contributed by atoms with E-state index in [0.29, 0.717) is 11.5 Å². The Morgan fingerprint density at radius 3 is 2.87 bits per heavy atom. The maximum Gasteiger partial charge on any atom is 0.256 e. The first-order chi connectivity index (χ1) is 7.18. The van der Waals surface area contributed by atoms with Crippen molar-refractivity contribution < 1.29 is 9.21 Å². The molecule has 1 amide bonds. The Hall–Kier alpha value is -0.960. The zero-order chi connectivity index (χ0) is 10.8. The molecule has 1 aromatic heterocycles. The molecule has 1 saturated carbocycles. The SMILES string of the molecule is CC(NC(=O)c1ccoc1Cl)C1CCC1. The molecule has 0 aliphatic heterocycles. The summed E-state index contributed by atoms with van der Waals surface area (Å²) in [5, 5.41) is 3.10. The molecular formula is C11H14ClNO2. The number of furan rings is 1. The Kier molecular flexibility index (Phi) is 3.00. The summed E-state index contributed by atoms with van der Waals surface area (Å²) >= 11 is 5.72. The minimum atomic E-state index is -0.145. The Balaban J connectivity index is 1.94. The Bertz CT molecular complexity index is 357. The lowest BCUT2D eigenvalue weighted by Gasteiger charge is -2.31. The van der Waals surface area contributed by atoms with E-state index >= 15 is 0 Å². The minimum Gasteiger partial charge on any atom is -0.452 e. The lowest BCUT2D eigenvalue weighted by atomic mass is 9.80. The van der Waals surface area contributed by atoms with Crippen LogP contribution in [0.5, 0.6) is 0 Å². The highest BCUT2D eigenvalue weighted by atomic mass is 35.5. The van der Waals surface area contributed by atoms with Crippen LogP contribution in [0.25, 0.3) is 0 Å². The number of halogens is 1. The summed E-state index contributed by atoms with van der Waals surface area (Å²) in [7, 11) is 0. The van der Waals surface area contributed by atoms with Gasteiger partial charge in [0.2, 0.25) is 5.22 Å². The summed E-state index contributed by atoms with van der Waals surface area (Å²) in [5.41, 5.74) is 0.419. The van der Waals surface area contributed by atoms with Gasteiger partial charge in [-0.3, -0.25) is 4.79 Å². The van der Waals surface area contributed by atoms with E-state index in [1.54, 1.807) is 6.07 Å². The van der Waals surface area contributed by atoms with Gasteiger partial charge in [-0.25, -0.2) is 0 Å². The summed E-state index contributed by atoms with van der Waals surface area (Å²) in [6, 6.07) is 1.81. The molecule has 0 aromatic carbocycles. The van der Waals surface area contributed by atoms with E-state index in [4.69, 9.17) is 16.0 Å². The van der Waals surface area contributed by atoms with Gasteiger partial charge in [0, 0.05) is 6.04 Å². The first-order valence-corrected chi connectivity index (χ1v) is 5.60. The predicted octanol–water partition coefficient (Wildman–Crippen LogP) is 2.85. The third-order valence-electron chi connectivity index (χ3n) is 3.08. The first kappa shape index (κ1) is 10.6. The van der Waals surface area contributed by atoms with Crippen LogP contribution in [0.1, 0.15) is 36.5 Å². The number of carbonyl (C=O) groups is 1. The minimum absolute atomic E-state index is 0.145. The Labute approximate surface area is 93.8 Å². The molecule has 0 radical (unpaired) electrons. The monoisotopic (exact) mass is 227 g/mol. The van der Waals surface area contributed by atoms with Gasteiger partial charge in [0.1, 0.15) is 0 Å². The van der Waals surface area contributed by atoms with Gasteiger partial charge in [-0.05, 0) is 43.4 Å². The van der Waals surface area contributed by atoms with E-state index in [-0.39, 0.29) is 17.2 Å². The second kappa shape index (κ2) is 4.27. The van der Waals surface area contributed by atoms with Crippen LogP contribution in [-0.2, 0) is 0 Å². The number of hydrogen-bond donors (Lipinski definition) is 1. The van der Waals surface area contributed by atoms with Crippen molar-refractivity contribution in [2.24, 2.45) is 5.92 Å². The largest absolute Gasteiger partial charge is 0.452 e. The van der Waals surface area contributed by atoms with Gasteiger partial charge in [-0.15, -0.1) is 0 Å². The van der Waals surface area contributed by atoms with Gasteiger partial charge in [0.25, 0.3) is 5.91 Å². The predicted molar refractivity (Wildman–Crippen MR) is 58.0 cm³/mol. The third-order valence-corrected chi connectivity index (χ3v) is 3.37. The van der Waals surface area contributed by atoms with Crippen LogP contribution in [0, 0.1) is 5.92 Å². The van der Waals surface area contributed by atoms with Crippen LogP contribution >= 0.6 is 11.6 Å². The first-order valence-electron chi connectivity index (χ1n) is 5.22. The van der Waals surface area contributed by atoms with Crippen LogP contribution in [0.15, 0.2) is 16.7 Å². The van der Waals surface area contributed by atoms with Crippen molar-refractivity contribution in [3.63, 3.8) is 0 Å². The lowest BCUT2D eigenvalue weighted by Crippen LogP contribution is -2.40. The molecular weight excluding hydrogens is 214 g/mol. The molecule has 3 nitrogen and oxygen atoms in total. The highest BCUT2D eigenvalue weighted by Crippen LogP contribution is 2.29. The van der Waals surface area contributed by atoms with Crippen LogP contribution in [0.2, 0.25) is 5.22 Å². The second-order valence-corrected chi connectivity index (χ2v) is 4.40. The van der Waals surface area contributed by atoms with Gasteiger partial charge in [-0.2, -0.15) is 0 Å². The molecule has 0 saturated heterocycles. The van der Waals surface area contributed by atoms with E-state index in [1.807, 2.05) is 6.92 Å². The Morgan fingerprint density at radius 1 is 1.67 bits per heavy atom. The molecule has 1 N–H and O–H groups in total. The summed E-state index contributed by atoms with van der Waals surface area (Å²) in [6.45, 7) is 2.04. The average Bonchev–Trinajstić information content (AvgIpc) is 2.47. The molecule has 1 atom stereocenters. The van der Waals surface area contributed by atoms with Crippen molar-refractivity contribution in [2.45, 2.75) is 32.2 Å². The number of hydrogen-bond acceptors (Lipinski definition) is 2. The van der Waals surface area contributed by atoms with Crippen LogP contribution in [-0.4, -0.2) is 11.9 Å². The van der Waals surface area contributed by atoms with Crippen molar-refractivity contribution in [3.05, 3.63) is 23.1 Å². The third kappa shape index (κ3) is 2.17. The highest BCUT2D eigenvalue weighted by molar-refractivity contribution is 6.32. The molecule has 1 aromatic rings. The highest BCUT2D eigenvalue weighted by Gasteiger charge is 2.26. The second-order valence-electron chi connectivity index (χ2n) is 4.06. The Morgan fingerprint density at radius 2 is 2.40 bits per heavy atom. The van der Waals surface area contributed by atoms with Crippen molar-refractivity contribution >= 4 is 17.5 Å². The van der Waals surface area contributed by atoms with Crippen molar-refractivity contribution in [1.29, 1.82) is 0 Å². The number of amides is 1. The van der Waals surface area contributed by atoms with Gasteiger partial charge < -0.3 is 9.73 Å². The fourth-order valence-electron chi connectivity index (χ4n) is 1.80. The van der Waals surface area contributed by atoms with E-state index in [9.17, 15) is 4.79 Å². The average molecular weight is 228 g/mol. The molecule has 1 fully saturated rings. The fraction of sp³-hybridized carbons (Fsp3) is 0.545. The van der Waals surface area contributed by atoms with E-state index in [0.717, 1.165) is 0 Å². The van der Waals surface area contributed by atoms with Gasteiger partial charge in [-0.1, -0.05) is 6.42 Å². The molecule has 2 rings (SSSR count). The summed E-state index contributed by atoms with van der Waals surface area (Å²) < 4.78 is 4.87. The van der Waals surface area contributed by atoms with Crippen molar-refractivity contribution in [2.75, 3.05) is 0 Å². The maximum absolute atomic E-state index is 11.7. The molecule has 1 aliphatic rings. The van der Waals surface area contributed by atoms with Crippen LogP contribution < -0.4 is 5.32 Å². The molecule has 4 heteroatoms. The number of rotatable bonds is 3. The van der Waals surface area contributed by atoms with Crippen molar-refractivity contribution in [3.8, 4) is 0 Å². The number of carbonyl (C=O) groups excluding carboxylic acids is 1.